The number of halogens is 1. The Kier molecular flexibility index (Phi) is 6.25. The molecular weight excluding hydrogens is 202 g/mol. The van der Waals surface area contributed by atoms with Crippen LogP contribution in [-0.4, -0.2) is 29.4 Å². The zero-order valence-corrected chi connectivity index (χ0v) is 9.69. The average molecular weight is 222 g/mol. The van der Waals surface area contributed by atoms with E-state index in [4.69, 9.17) is 0 Å². The quantitative estimate of drug-likeness (QED) is 0.646. The van der Waals surface area contributed by atoms with Gasteiger partial charge in [0.2, 0.25) is 0 Å². The monoisotopic (exact) mass is 221 g/mol. The van der Waals surface area contributed by atoms with Crippen LogP contribution in [0.25, 0.3) is 0 Å². The molecule has 0 aliphatic heterocycles. The molecule has 0 amide bonds. The zero-order valence-electron chi connectivity index (χ0n) is 8.10. The van der Waals surface area contributed by atoms with Gasteiger partial charge in [-0.05, 0) is 27.3 Å². The highest BCUT2D eigenvalue weighted by Gasteiger charge is 2.12. The summed E-state index contributed by atoms with van der Waals surface area (Å²) in [4.78, 5) is 2.43. The molecule has 0 heterocycles. The van der Waals surface area contributed by atoms with Crippen molar-refractivity contribution >= 4 is 15.9 Å². The third-order valence-corrected chi connectivity index (χ3v) is 3.26. The van der Waals surface area contributed by atoms with E-state index in [2.05, 4.69) is 48.6 Å². The summed E-state index contributed by atoms with van der Waals surface area (Å²) in [5, 5.41) is 1.07. The second-order valence-corrected chi connectivity index (χ2v) is 3.95. The molecule has 0 fully saturated rings. The molecule has 68 valence electrons. The van der Waals surface area contributed by atoms with Crippen LogP contribution in [0, 0.1) is 0 Å². The van der Waals surface area contributed by atoms with Crippen molar-refractivity contribution in [2.75, 3.05) is 12.4 Å². The molecule has 0 aliphatic carbocycles. The number of hydrogen-bond acceptors (Lipinski definition) is 1. The molecule has 0 bridgehead atoms. The van der Waals surface area contributed by atoms with Crippen molar-refractivity contribution in [3.63, 3.8) is 0 Å². The molecule has 0 spiro atoms. The summed E-state index contributed by atoms with van der Waals surface area (Å²) in [7, 11) is 2.20. The van der Waals surface area contributed by atoms with Crippen molar-refractivity contribution in [1.82, 2.24) is 4.90 Å². The molecule has 1 nitrogen and oxygen atoms in total. The largest absolute Gasteiger partial charge is 0.300 e. The van der Waals surface area contributed by atoms with E-state index in [1.807, 2.05) is 0 Å². The van der Waals surface area contributed by atoms with E-state index in [1.165, 1.54) is 12.8 Å². The van der Waals surface area contributed by atoms with E-state index in [0.29, 0.717) is 12.1 Å². The summed E-state index contributed by atoms with van der Waals surface area (Å²) in [6.45, 7) is 6.78. The summed E-state index contributed by atoms with van der Waals surface area (Å²) in [5.74, 6) is 0. The Morgan fingerprint density at radius 1 is 1.27 bits per heavy atom. The zero-order chi connectivity index (χ0) is 8.85. The van der Waals surface area contributed by atoms with Crippen LogP contribution in [0.5, 0.6) is 0 Å². The van der Waals surface area contributed by atoms with E-state index in [1.54, 1.807) is 0 Å². The number of hydrogen-bond donors (Lipinski definition) is 0. The van der Waals surface area contributed by atoms with Gasteiger partial charge in [0.15, 0.2) is 0 Å². The lowest BCUT2D eigenvalue weighted by molar-refractivity contribution is 0.202. The van der Waals surface area contributed by atoms with Crippen LogP contribution < -0.4 is 0 Å². The maximum Gasteiger partial charge on any atom is 0.0185 e. The predicted molar refractivity (Wildman–Crippen MR) is 55.4 cm³/mol. The van der Waals surface area contributed by atoms with Crippen LogP contribution >= 0.6 is 15.9 Å². The highest BCUT2D eigenvalue weighted by Crippen LogP contribution is 2.09. The first-order valence-corrected chi connectivity index (χ1v) is 5.53. The predicted octanol–water partition coefficient (Wildman–Crippen LogP) is 2.89. The van der Waals surface area contributed by atoms with Crippen molar-refractivity contribution in [2.24, 2.45) is 0 Å². The molecule has 0 N–H and O–H groups in total. The van der Waals surface area contributed by atoms with E-state index in [-0.39, 0.29) is 0 Å². The summed E-state index contributed by atoms with van der Waals surface area (Å²) >= 11 is 3.49. The summed E-state index contributed by atoms with van der Waals surface area (Å²) < 4.78 is 0. The topological polar surface area (TPSA) is 3.24 Å². The van der Waals surface area contributed by atoms with Gasteiger partial charge in [-0.15, -0.1) is 0 Å². The van der Waals surface area contributed by atoms with Crippen molar-refractivity contribution in [2.45, 2.75) is 45.7 Å². The van der Waals surface area contributed by atoms with Crippen molar-refractivity contribution in [3.05, 3.63) is 0 Å². The first kappa shape index (κ1) is 11.4. The van der Waals surface area contributed by atoms with Crippen molar-refractivity contribution in [3.8, 4) is 0 Å². The van der Waals surface area contributed by atoms with Crippen LogP contribution in [0.2, 0.25) is 0 Å². The normalized spacial score (nSPS) is 16.9. The second-order valence-electron chi connectivity index (χ2n) is 3.31. The van der Waals surface area contributed by atoms with Crippen LogP contribution in [0.15, 0.2) is 0 Å². The third-order valence-electron chi connectivity index (χ3n) is 2.32. The van der Waals surface area contributed by atoms with E-state index in [9.17, 15) is 0 Å². The van der Waals surface area contributed by atoms with Crippen LogP contribution in [0.4, 0.5) is 0 Å². The molecule has 0 saturated carbocycles. The molecular formula is C9H20BrN. The Hall–Kier alpha value is 0.440. The molecule has 0 aliphatic rings. The van der Waals surface area contributed by atoms with Crippen molar-refractivity contribution < 1.29 is 0 Å². The highest BCUT2D eigenvalue weighted by molar-refractivity contribution is 9.09. The van der Waals surface area contributed by atoms with E-state index < -0.39 is 0 Å². The lowest BCUT2D eigenvalue weighted by atomic mass is 10.1. The van der Waals surface area contributed by atoms with Gasteiger partial charge in [0, 0.05) is 17.4 Å². The Bertz CT molecular complexity index is 95.6. The number of alkyl halides is 1. The van der Waals surface area contributed by atoms with Gasteiger partial charge in [0.1, 0.15) is 0 Å². The summed E-state index contributed by atoms with van der Waals surface area (Å²) in [6, 6.07) is 1.36. The highest BCUT2D eigenvalue weighted by atomic mass is 79.9. The smallest absolute Gasteiger partial charge is 0.0185 e. The fourth-order valence-electron chi connectivity index (χ4n) is 1.16. The molecule has 0 aromatic carbocycles. The number of rotatable bonds is 5. The van der Waals surface area contributed by atoms with Gasteiger partial charge in [-0.3, -0.25) is 0 Å². The Morgan fingerprint density at radius 2 is 1.82 bits per heavy atom. The summed E-state index contributed by atoms with van der Waals surface area (Å²) in [6.07, 6.45) is 2.58. The Labute approximate surface area is 79.3 Å². The van der Waals surface area contributed by atoms with Gasteiger partial charge in [-0.1, -0.05) is 29.3 Å². The van der Waals surface area contributed by atoms with Gasteiger partial charge in [0.05, 0.1) is 0 Å². The molecule has 0 saturated heterocycles. The lowest BCUT2D eigenvalue weighted by Gasteiger charge is -2.29. The molecule has 0 rings (SSSR count). The van der Waals surface area contributed by atoms with E-state index >= 15 is 0 Å². The second kappa shape index (κ2) is 6.01. The lowest BCUT2D eigenvalue weighted by Crippen LogP contribution is -2.37. The van der Waals surface area contributed by atoms with Crippen LogP contribution in [0.3, 0.4) is 0 Å². The fourth-order valence-corrected chi connectivity index (χ4v) is 1.62. The molecule has 2 unspecified atom stereocenters. The molecule has 0 radical (unpaired) electrons. The minimum Gasteiger partial charge on any atom is -0.300 e. The minimum atomic E-state index is 0.650. The maximum atomic E-state index is 3.49. The standard InChI is InChI=1S/C9H20BrN/c1-5-6-8(2)11(4)9(3)7-10/h8-9H,5-7H2,1-4H3. The molecule has 0 aromatic rings. The minimum absolute atomic E-state index is 0.650. The molecule has 11 heavy (non-hydrogen) atoms. The van der Waals surface area contributed by atoms with Gasteiger partial charge >= 0.3 is 0 Å². The van der Waals surface area contributed by atoms with E-state index in [0.717, 1.165) is 5.33 Å². The Balaban J connectivity index is 3.70. The molecule has 2 atom stereocenters. The Morgan fingerprint density at radius 3 is 2.18 bits per heavy atom. The van der Waals surface area contributed by atoms with Gasteiger partial charge in [0.25, 0.3) is 0 Å². The molecule has 0 aromatic heterocycles. The first-order valence-electron chi connectivity index (χ1n) is 4.41. The first-order chi connectivity index (χ1) is 5.13. The fraction of sp³-hybridized carbons (Fsp3) is 1.00. The van der Waals surface area contributed by atoms with Crippen LogP contribution in [-0.2, 0) is 0 Å². The summed E-state index contributed by atoms with van der Waals surface area (Å²) in [5.41, 5.74) is 0. The molecule has 2 heteroatoms. The third kappa shape index (κ3) is 4.12. The van der Waals surface area contributed by atoms with Crippen LogP contribution in [0.1, 0.15) is 33.6 Å². The maximum absolute atomic E-state index is 3.49. The van der Waals surface area contributed by atoms with Gasteiger partial charge in [-0.2, -0.15) is 0 Å². The van der Waals surface area contributed by atoms with Gasteiger partial charge < -0.3 is 4.90 Å². The SMILES string of the molecule is CCCC(C)N(C)C(C)CBr. The average Bonchev–Trinajstić information content (AvgIpc) is 2.02. The number of nitrogens with zero attached hydrogens (tertiary/aromatic N) is 1. The van der Waals surface area contributed by atoms with Crippen molar-refractivity contribution in [1.29, 1.82) is 0 Å². The van der Waals surface area contributed by atoms with Gasteiger partial charge in [-0.25, -0.2) is 0 Å².